The van der Waals surface area contributed by atoms with E-state index in [-0.39, 0.29) is 6.61 Å². The van der Waals surface area contributed by atoms with Crippen molar-refractivity contribution >= 4 is 11.8 Å². The highest BCUT2D eigenvalue weighted by Crippen LogP contribution is 2.30. The molecule has 1 aliphatic heterocycles. The minimum Gasteiger partial charge on any atom is -0.465 e. The van der Waals surface area contributed by atoms with E-state index in [0.717, 1.165) is 11.1 Å². The average molecular weight is 193 g/mol. The quantitative estimate of drug-likeness (QED) is 0.705. The molecule has 0 aromatic heterocycles. The predicted molar refractivity (Wildman–Crippen MR) is 51.4 cm³/mol. The molecule has 1 amide bonds. The summed E-state index contributed by atoms with van der Waals surface area (Å²) in [5, 5.41) is 17.9. The van der Waals surface area contributed by atoms with Gasteiger partial charge in [-0.25, -0.2) is 4.79 Å². The van der Waals surface area contributed by atoms with Gasteiger partial charge in [-0.2, -0.15) is 0 Å². The second-order valence-electron chi connectivity index (χ2n) is 3.26. The maximum absolute atomic E-state index is 10.8. The van der Waals surface area contributed by atoms with E-state index in [9.17, 15) is 4.79 Å². The Kier molecular flexibility index (Phi) is 2.13. The van der Waals surface area contributed by atoms with E-state index < -0.39 is 6.09 Å². The molecule has 1 aliphatic rings. The molecule has 0 atom stereocenters. The fraction of sp³-hybridized carbons (Fsp3) is 0.300. The second-order valence-corrected chi connectivity index (χ2v) is 3.26. The summed E-state index contributed by atoms with van der Waals surface area (Å²) in [6.45, 7) is 0.457. The summed E-state index contributed by atoms with van der Waals surface area (Å²) in [4.78, 5) is 12.1. The maximum atomic E-state index is 10.8. The van der Waals surface area contributed by atoms with Crippen LogP contribution in [-0.2, 0) is 13.0 Å². The summed E-state index contributed by atoms with van der Waals surface area (Å²) in [6.07, 6.45) is -0.239. The Morgan fingerprint density at radius 3 is 2.93 bits per heavy atom. The molecule has 0 unspecified atom stereocenters. The van der Waals surface area contributed by atoms with Crippen LogP contribution in [0.4, 0.5) is 10.5 Å². The number of rotatable bonds is 1. The van der Waals surface area contributed by atoms with Crippen molar-refractivity contribution in [1.29, 1.82) is 0 Å². The van der Waals surface area contributed by atoms with Gasteiger partial charge in [0.15, 0.2) is 0 Å². The number of benzene rings is 1. The lowest BCUT2D eigenvalue weighted by Gasteiger charge is -2.12. The van der Waals surface area contributed by atoms with Crippen LogP contribution in [0.15, 0.2) is 18.2 Å². The summed E-state index contributed by atoms with van der Waals surface area (Å²) in [5.41, 5.74) is 2.49. The van der Waals surface area contributed by atoms with Crippen LogP contribution < -0.4 is 4.90 Å². The Bertz CT molecular complexity index is 376. The molecule has 0 radical (unpaired) electrons. The summed E-state index contributed by atoms with van der Waals surface area (Å²) in [7, 11) is 0. The van der Waals surface area contributed by atoms with Crippen molar-refractivity contribution in [2.75, 3.05) is 11.4 Å². The number of amides is 1. The zero-order valence-corrected chi connectivity index (χ0v) is 7.60. The number of aliphatic hydroxyl groups is 1. The van der Waals surface area contributed by atoms with Crippen LogP contribution in [0.5, 0.6) is 0 Å². The SMILES string of the molecule is O=C(O)N1CCc2c(CO)cccc21. The van der Waals surface area contributed by atoms with Gasteiger partial charge in [0, 0.05) is 6.54 Å². The Morgan fingerprint density at radius 1 is 1.50 bits per heavy atom. The van der Waals surface area contributed by atoms with Gasteiger partial charge in [0.05, 0.1) is 12.3 Å². The van der Waals surface area contributed by atoms with Gasteiger partial charge in [-0.1, -0.05) is 12.1 Å². The van der Waals surface area contributed by atoms with Crippen molar-refractivity contribution in [3.63, 3.8) is 0 Å². The standard InChI is InChI=1S/C10H11NO3/c12-6-7-2-1-3-9-8(7)4-5-11(9)10(13)14/h1-3,12H,4-6H2,(H,13,14). The molecule has 0 fully saturated rings. The van der Waals surface area contributed by atoms with Gasteiger partial charge in [0.25, 0.3) is 0 Å². The molecule has 0 aliphatic carbocycles. The number of hydrogen-bond acceptors (Lipinski definition) is 2. The van der Waals surface area contributed by atoms with Crippen molar-refractivity contribution in [3.05, 3.63) is 29.3 Å². The Morgan fingerprint density at radius 2 is 2.29 bits per heavy atom. The topological polar surface area (TPSA) is 60.8 Å². The maximum Gasteiger partial charge on any atom is 0.411 e. The molecule has 0 saturated heterocycles. The van der Waals surface area contributed by atoms with Crippen molar-refractivity contribution in [1.82, 2.24) is 0 Å². The average Bonchev–Trinajstić information content (AvgIpc) is 2.60. The van der Waals surface area contributed by atoms with Crippen LogP contribution in [0.2, 0.25) is 0 Å². The van der Waals surface area contributed by atoms with Crippen molar-refractivity contribution < 1.29 is 15.0 Å². The normalized spacial score (nSPS) is 14.2. The lowest BCUT2D eigenvalue weighted by atomic mass is 10.1. The van der Waals surface area contributed by atoms with Gasteiger partial charge in [-0.3, -0.25) is 4.90 Å². The Hall–Kier alpha value is -1.55. The van der Waals surface area contributed by atoms with Crippen molar-refractivity contribution in [2.45, 2.75) is 13.0 Å². The lowest BCUT2D eigenvalue weighted by molar-refractivity contribution is 0.202. The third kappa shape index (κ3) is 1.24. The van der Waals surface area contributed by atoms with E-state index in [1.165, 1.54) is 4.90 Å². The molecule has 4 heteroatoms. The number of carbonyl (C=O) groups is 1. The van der Waals surface area contributed by atoms with Crippen LogP contribution in [0.3, 0.4) is 0 Å². The zero-order chi connectivity index (χ0) is 10.1. The van der Waals surface area contributed by atoms with Gasteiger partial charge in [0.2, 0.25) is 0 Å². The summed E-state index contributed by atoms with van der Waals surface area (Å²) >= 11 is 0. The molecule has 4 nitrogen and oxygen atoms in total. The second kappa shape index (κ2) is 3.31. The largest absolute Gasteiger partial charge is 0.465 e. The van der Waals surface area contributed by atoms with E-state index in [1.807, 2.05) is 6.07 Å². The number of hydrogen-bond donors (Lipinski definition) is 2. The Labute approximate surface area is 81.4 Å². The number of aliphatic hydroxyl groups excluding tert-OH is 1. The third-order valence-electron chi connectivity index (χ3n) is 2.53. The molecule has 1 heterocycles. The molecule has 1 aromatic carbocycles. The molecular weight excluding hydrogens is 182 g/mol. The van der Waals surface area contributed by atoms with Gasteiger partial charge in [0.1, 0.15) is 0 Å². The molecule has 0 spiro atoms. The molecule has 14 heavy (non-hydrogen) atoms. The summed E-state index contributed by atoms with van der Waals surface area (Å²) in [5.74, 6) is 0. The first-order valence-corrected chi connectivity index (χ1v) is 4.46. The zero-order valence-electron chi connectivity index (χ0n) is 7.60. The highest BCUT2D eigenvalue weighted by molar-refractivity contribution is 5.89. The van der Waals surface area contributed by atoms with E-state index in [4.69, 9.17) is 10.2 Å². The van der Waals surface area contributed by atoms with E-state index in [1.54, 1.807) is 12.1 Å². The van der Waals surface area contributed by atoms with Gasteiger partial charge >= 0.3 is 6.09 Å². The smallest absolute Gasteiger partial charge is 0.411 e. The molecule has 0 saturated carbocycles. The van der Waals surface area contributed by atoms with Crippen molar-refractivity contribution in [3.8, 4) is 0 Å². The molecular formula is C10H11NO3. The predicted octanol–water partition coefficient (Wildman–Crippen LogP) is 1.22. The van der Waals surface area contributed by atoms with E-state index in [0.29, 0.717) is 18.7 Å². The highest BCUT2D eigenvalue weighted by atomic mass is 16.4. The summed E-state index contributed by atoms with van der Waals surface area (Å²) < 4.78 is 0. The molecule has 74 valence electrons. The third-order valence-corrected chi connectivity index (χ3v) is 2.53. The molecule has 1 aromatic rings. The molecule has 0 bridgehead atoms. The van der Waals surface area contributed by atoms with Crippen LogP contribution in [0.1, 0.15) is 11.1 Å². The summed E-state index contributed by atoms with van der Waals surface area (Å²) in [6, 6.07) is 5.37. The minimum atomic E-state index is -0.932. The van der Waals surface area contributed by atoms with Gasteiger partial charge in [-0.15, -0.1) is 0 Å². The first-order chi connectivity index (χ1) is 6.74. The fourth-order valence-electron chi connectivity index (χ4n) is 1.85. The lowest BCUT2D eigenvalue weighted by Crippen LogP contribution is -2.26. The van der Waals surface area contributed by atoms with Crippen LogP contribution in [0, 0.1) is 0 Å². The van der Waals surface area contributed by atoms with Crippen LogP contribution >= 0.6 is 0 Å². The first kappa shape index (κ1) is 9.02. The highest BCUT2D eigenvalue weighted by Gasteiger charge is 2.25. The monoisotopic (exact) mass is 193 g/mol. The van der Waals surface area contributed by atoms with E-state index >= 15 is 0 Å². The van der Waals surface area contributed by atoms with Crippen molar-refractivity contribution in [2.24, 2.45) is 0 Å². The van der Waals surface area contributed by atoms with Gasteiger partial charge in [-0.05, 0) is 23.6 Å². The molecule has 2 rings (SSSR count). The first-order valence-electron chi connectivity index (χ1n) is 4.46. The number of nitrogens with zero attached hydrogens (tertiary/aromatic N) is 1. The minimum absolute atomic E-state index is 0.0311. The van der Waals surface area contributed by atoms with E-state index in [2.05, 4.69) is 0 Å². The molecule has 2 N–H and O–H groups in total. The fourth-order valence-corrected chi connectivity index (χ4v) is 1.85. The van der Waals surface area contributed by atoms with Gasteiger partial charge < -0.3 is 10.2 Å². The number of fused-ring (bicyclic) bond motifs is 1. The Balaban J connectivity index is 2.46. The van der Waals surface area contributed by atoms with Crippen LogP contribution in [0.25, 0.3) is 0 Å². The van der Waals surface area contributed by atoms with Crippen LogP contribution in [-0.4, -0.2) is 22.9 Å². The number of carboxylic acid groups (broad SMARTS) is 1. The number of anilines is 1.